The molecule has 2 N–H and O–H groups in total. The summed E-state index contributed by atoms with van der Waals surface area (Å²) < 4.78 is 23.2. The second-order valence-electron chi connectivity index (χ2n) is 3.37. The van der Waals surface area contributed by atoms with Gasteiger partial charge in [-0.05, 0) is 0 Å². The van der Waals surface area contributed by atoms with Gasteiger partial charge in [0.25, 0.3) is 6.43 Å². The van der Waals surface area contributed by atoms with E-state index in [0.29, 0.717) is 0 Å². The molecule has 0 saturated carbocycles. The molecule has 66 valence electrons. The minimum absolute atomic E-state index is 0.276. The highest BCUT2D eigenvalue weighted by atomic mass is 19.3. The van der Waals surface area contributed by atoms with Crippen molar-refractivity contribution in [2.45, 2.75) is 27.2 Å². The fourth-order valence-electron chi connectivity index (χ4n) is 0.405. The third kappa shape index (κ3) is 4.70. The molecule has 0 rings (SSSR count). The van der Waals surface area contributed by atoms with Crippen LogP contribution in [0.1, 0.15) is 20.8 Å². The number of aliphatic imine (C=N–C) groups is 1. The largest absolute Gasteiger partial charge is 0.387 e. The first-order valence-corrected chi connectivity index (χ1v) is 3.42. The molecule has 0 aromatic heterocycles. The second kappa shape index (κ2) is 3.64. The lowest BCUT2D eigenvalue weighted by molar-refractivity contribution is 0.158. The first-order chi connectivity index (χ1) is 4.84. The molecule has 0 aliphatic heterocycles. The van der Waals surface area contributed by atoms with Crippen molar-refractivity contribution in [3.63, 3.8) is 0 Å². The van der Waals surface area contributed by atoms with Crippen LogP contribution in [0.15, 0.2) is 4.99 Å². The molecule has 0 atom stereocenters. The summed E-state index contributed by atoms with van der Waals surface area (Å²) in [6.07, 6.45) is -2.41. The molecule has 4 heteroatoms. The monoisotopic (exact) mass is 164 g/mol. The van der Waals surface area contributed by atoms with E-state index >= 15 is 0 Å². The molecule has 11 heavy (non-hydrogen) atoms. The standard InChI is InChI=1S/C7H14F2N2/c1-7(2,3)6(10)11-4-5(8)9/h5H,4H2,1-3H3,(H2,10,11). The maximum absolute atomic E-state index is 11.6. The fraction of sp³-hybridized carbons (Fsp3) is 0.857. The van der Waals surface area contributed by atoms with Crippen LogP contribution >= 0.6 is 0 Å². The lowest BCUT2D eigenvalue weighted by atomic mass is 9.95. The summed E-state index contributed by atoms with van der Waals surface area (Å²) in [4.78, 5) is 3.54. The van der Waals surface area contributed by atoms with E-state index in [9.17, 15) is 8.78 Å². The average Bonchev–Trinajstić information content (AvgIpc) is 1.80. The topological polar surface area (TPSA) is 38.4 Å². The van der Waals surface area contributed by atoms with Gasteiger partial charge in [0.05, 0.1) is 5.84 Å². The van der Waals surface area contributed by atoms with Crippen LogP contribution in [0.2, 0.25) is 0 Å². The molecule has 0 spiro atoms. The molecule has 0 bridgehead atoms. The highest BCUT2D eigenvalue weighted by Crippen LogP contribution is 2.12. The van der Waals surface area contributed by atoms with Gasteiger partial charge in [0, 0.05) is 5.41 Å². The molecule has 0 unspecified atom stereocenters. The van der Waals surface area contributed by atoms with E-state index in [-0.39, 0.29) is 11.3 Å². The van der Waals surface area contributed by atoms with E-state index in [4.69, 9.17) is 5.73 Å². The highest BCUT2D eigenvalue weighted by molar-refractivity contribution is 5.85. The summed E-state index contributed by atoms with van der Waals surface area (Å²) in [7, 11) is 0. The van der Waals surface area contributed by atoms with E-state index in [0.717, 1.165) is 0 Å². The minimum atomic E-state index is -2.41. The molecule has 0 fully saturated rings. The maximum Gasteiger partial charge on any atom is 0.257 e. The third-order valence-corrected chi connectivity index (χ3v) is 1.17. The zero-order chi connectivity index (χ0) is 9.07. The Kier molecular flexibility index (Phi) is 3.42. The van der Waals surface area contributed by atoms with Gasteiger partial charge in [0.15, 0.2) is 0 Å². The molecule has 0 radical (unpaired) electrons. The van der Waals surface area contributed by atoms with Crippen molar-refractivity contribution in [3.8, 4) is 0 Å². The van der Waals surface area contributed by atoms with Gasteiger partial charge in [-0.15, -0.1) is 0 Å². The maximum atomic E-state index is 11.6. The van der Waals surface area contributed by atoms with Gasteiger partial charge in [0.1, 0.15) is 6.54 Å². The predicted molar refractivity (Wildman–Crippen MR) is 41.9 cm³/mol. The molecular weight excluding hydrogens is 150 g/mol. The quantitative estimate of drug-likeness (QED) is 0.489. The Morgan fingerprint density at radius 1 is 1.45 bits per heavy atom. The van der Waals surface area contributed by atoms with E-state index < -0.39 is 13.0 Å². The van der Waals surface area contributed by atoms with Crippen LogP contribution in [-0.2, 0) is 0 Å². The summed E-state index contributed by atoms with van der Waals surface area (Å²) in [6.45, 7) is 5.00. The van der Waals surface area contributed by atoms with Crippen LogP contribution in [0.5, 0.6) is 0 Å². The van der Waals surface area contributed by atoms with Crippen molar-refractivity contribution in [2.75, 3.05) is 6.54 Å². The van der Waals surface area contributed by atoms with Crippen LogP contribution in [0.4, 0.5) is 8.78 Å². The first kappa shape index (κ1) is 10.3. The molecule has 0 aromatic rings. The van der Waals surface area contributed by atoms with Crippen molar-refractivity contribution in [1.29, 1.82) is 0 Å². The number of halogens is 2. The van der Waals surface area contributed by atoms with Crippen molar-refractivity contribution in [3.05, 3.63) is 0 Å². The van der Waals surface area contributed by atoms with Crippen molar-refractivity contribution >= 4 is 5.84 Å². The number of amidine groups is 1. The Bertz CT molecular complexity index is 147. The summed E-state index contributed by atoms with van der Waals surface area (Å²) in [5.41, 5.74) is 5.11. The minimum Gasteiger partial charge on any atom is -0.387 e. The zero-order valence-corrected chi connectivity index (χ0v) is 7.06. The van der Waals surface area contributed by atoms with Gasteiger partial charge in [-0.2, -0.15) is 0 Å². The summed E-state index contributed by atoms with van der Waals surface area (Å²) in [5, 5.41) is 0. The van der Waals surface area contributed by atoms with E-state index in [1.165, 1.54) is 0 Å². The van der Waals surface area contributed by atoms with Gasteiger partial charge < -0.3 is 5.73 Å². The predicted octanol–water partition coefficient (Wildman–Crippen LogP) is 1.65. The van der Waals surface area contributed by atoms with Crippen molar-refractivity contribution < 1.29 is 8.78 Å². The van der Waals surface area contributed by atoms with Gasteiger partial charge in [-0.25, -0.2) is 8.78 Å². The number of hydrogen-bond donors (Lipinski definition) is 1. The molecule has 0 saturated heterocycles. The third-order valence-electron chi connectivity index (χ3n) is 1.17. The molecule has 0 aliphatic carbocycles. The Morgan fingerprint density at radius 3 is 2.18 bits per heavy atom. The average molecular weight is 164 g/mol. The van der Waals surface area contributed by atoms with Gasteiger partial charge >= 0.3 is 0 Å². The Balaban J connectivity index is 4.02. The first-order valence-electron chi connectivity index (χ1n) is 3.42. The SMILES string of the molecule is CC(C)(C)C(N)=NCC(F)F. The molecule has 0 heterocycles. The summed E-state index contributed by atoms with van der Waals surface area (Å²) in [5.74, 6) is 0.276. The Morgan fingerprint density at radius 2 is 1.91 bits per heavy atom. The number of nitrogens with zero attached hydrogens (tertiary/aromatic N) is 1. The molecule has 0 aromatic carbocycles. The fourth-order valence-corrected chi connectivity index (χ4v) is 0.405. The highest BCUT2D eigenvalue weighted by Gasteiger charge is 2.15. The van der Waals surface area contributed by atoms with Crippen LogP contribution in [0.25, 0.3) is 0 Å². The summed E-state index contributed by atoms with van der Waals surface area (Å²) >= 11 is 0. The smallest absolute Gasteiger partial charge is 0.257 e. The molecular formula is C7H14F2N2. The van der Waals surface area contributed by atoms with Crippen molar-refractivity contribution in [2.24, 2.45) is 16.1 Å². The van der Waals surface area contributed by atoms with Crippen LogP contribution in [-0.4, -0.2) is 18.8 Å². The normalized spacial score (nSPS) is 14.2. The van der Waals surface area contributed by atoms with Gasteiger partial charge in [-0.1, -0.05) is 20.8 Å². The van der Waals surface area contributed by atoms with Crippen LogP contribution in [0.3, 0.4) is 0 Å². The number of rotatable bonds is 2. The second-order valence-corrected chi connectivity index (χ2v) is 3.37. The molecule has 0 aliphatic rings. The number of hydrogen-bond acceptors (Lipinski definition) is 1. The number of alkyl halides is 2. The van der Waals surface area contributed by atoms with E-state index in [2.05, 4.69) is 4.99 Å². The lowest BCUT2D eigenvalue weighted by Gasteiger charge is -2.17. The Labute approximate surface area is 65.5 Å². The van der Waals surface area contributed by atoms with E-state index in [1.807, 2.05) is 20.8 Å². The Hall–Kier alpha value is -0.670. The zero-order valence-electron chi connectivity index (χ0n) is 7.06. The van der Waals surface area contributed by atoms with Gasteiger partial charge in [-0.3, -0.25) is 4.99 Å². The molecule has 2 nitrogen and oxygen atoms in total. The lowest BCUT2D eigenvalue weighted by Crippen LogP contribution is -2.29. The van der Waals surface area contributed by atoms with E-state index in [1.54, 1.807) is 0 Å². The molecule has 0 amide bonds. The van der Waals surface area contributed by atoms with Crippen molar-refractivity contribution in [1.82, 2.24) is 0 Å². The van der Waals surface area contributed by atoms with Crippen LogP contribution < -0.4 is 5.73 Å². The summed E-state index contributed by atoms with van der Waals surface area (Å²) in [6, 6.07) is 0. The van der Waals surface area contributed by atoms with Crippen LogP contribution in [0, 0.1) is 5.41 Å². The number of nitrogens with two attached hydrogens (primary N) is 1. The van der Waals surface area contributed by atoms with Gasteiger partial charge in [0.2, 0.25) is 0 Å².